The maximum Gasteiger partial charge on any atom is 0.275 e. The van der Waals surface area contributed by atoms with Crippen molar-refractivity contribution in [2.24, 2.45) is 0 Å². The van der Waals surface area contributed by atoms with Crippen LogP contribution in [0.15, 0.2) is 28.8 Å². The van der Waals surface area contributed by atoms with E-state index < -0.39 is 0 Å². The van der Waals surface area contributed by atoms with E-state index >= 15 is 0 Å². The van der Waals surface area contributed by atoms with Crippen molar-refractivity contribution in [2.45, 2.75) is 46.5 Å². The van der Waals surface area contributed by atoms with Crippen LogP contribution >= 0.6 is 0 Å². The van der Waals surface area contributed by atoms with Crippen LogP contribution in [0.4, 0.5) is 0 Å². The van der Waals surface area contributed by atoms with Crippen LogP contribution in [-0.2, 0) is 19.7 Å². The Labute approximate surface area is 178 Å². The lowest BCUT2D eigenvalue weighted by molar-refractivity contribution is 0.225. The molecule has 0 fully saturated rings. The third-order valence-electron chi connectivity index (χ3n) is 5.34. The summed E-state index contributed by atoms with van der Waals surface area (Å²) in [7, 11) is 1.56. The van der Waals surface area contributed by atoms with Crippen molar-refractivity contribution < 1.29 is 14.0 Å². The summed E-state index contributed by atoms with van der Waals surface area (Å²) in [6.07, 6.45) is 0. The highest BCUT2D eigenvalue weighted by molar-refractivity contribution is 5.56. The van der Waals surface area contributed by atoms with Gasteiger partial charge in [-0.1, -0.05) is 11.2 Å². The van der Waals surface area contributed by atoms with E-state index in [1.807, 2.05) is 13.0 Å². The molecule has 31 heavy (non-hydrogen) atoms. The molecular weight excluding hydrogens is 398 g/mol. The number of aromatic nitrogens is 6. The van der Waals surface area contributed by atoms with Crippen LogP contribution < -0.4 is 9.47 Å². The molecule has 0 saturated heterocycles. The van der Waals surface area contributed by atoms with Gasteiger partial charge in [-0.15, -0.1) is 15.3 Å². The number of aryl methyl sites for hydroxylation is 1. The predicted molar refractivity (Wildman–Crippen MR) is 111 cm³/mol. The maximum atomic E-state index is 5.99. The van der Waals surface area contributed by atoms with Gasteiger partial charge in [-0.3, -0.25) is 9.88 Å². The van der Waals surface area contributed by atoms with Gasteiger partial charge >= 0.3 is 0 Å². The van der Waals surface area contributed by atoms with Gasteiger partial charge in [-0.2, -0.15) is 4.52 Å². The number of methoxy groups -OCH3 is 1. The van der Waals surface area contributed by atoms with Gasteiger partial charge < -0.3 is 14.0 Å². The predicted octanol–water partition coefficient (Wildman–Crippen LogP) is 2.79. The molecule has 5 heterocycles. The Hall–Kier alpha value is -3.53. The quantitative estimate of drug-likeness (QED) is 0.465. The molecule has 0 aliphatic carbocycles. The summed E-state index contributed by atoms with van der Waals surface area (Å²) in [5.74, 6) is 1.93. The summed E-state index contributed by atoms with van der Waals surface area (Å²) in [5.41, 5.74) is 4.27. The molecule has 0 unspecified atom stereocenters. The standard InChI is InChI=1S/C21H23N7O3/c1-12(2)27-9-14-5-6-15(22-17(14)10-27)11-30-21-18(29-4)8-19-23-24-20(28(19)25-21)16-7-13(3)31-26-16/h5-8,12H,9-11H2,1-4H3. The van der Waals surface area contributed by atoms with Crippen molar-refractivity contribution in [3.8, 4) is 23.1 Å². The minimum Gasteiger partial charge on any atom is -0.491 e. The molecule has 0 saturated carbocycles. The van der Waals surface area contributed by atoms with Crippen LogP contribution in [0.1, 0.15) is 36.6 Å². The highest BCUT2D eigenvalue weighted by Gasteiger charge is 2.23. The third-order valence-corrected chi connectivity index (χ3v) is 5.34. The Kier molecular flexibility index (Phi) is 4.78. The van der Waals surface area contributed by atoms with Gasteiger partial charge in [0.1, 0.15) is 12.4 Å². The van der Waals surface area contributed by atoms with Crippen LogP contribution in [0.3, 0.4) is 0 Å². The molecule has 1 aliphatic heterocycles. The Morgan fingerprint density at radius 2 is 2.03 bits per heavy atom. The number of hydrogen-bond acceptors (Lipinski definition) is 9. The van der Waals surface area contributed by atoms with Crippen LogP contribution in [0.2, 0.25) is 0 Å². The molecule has 4 aromatic heterocycles. The zero-order chi connectivity index (χ0) is 21.5. The lowest BCUT2D eigenvalue weighted by atomic mass is 10.2. The average Bonchev–Trinajstić information content (AvgIpc) is 3.48. The van der Waals surface area contributed by atoms with Crippen molar-refractivity contribution in [3.63, 3.8) is 0 Å². The van der Waals surface area contributed by atoms with Crippen molar-refractivity contribution in [1.29, 1.82) is 0 Å². The SMILES string of the molecule is COc1cc2nnc(-c3cc(C)on3)n2nc1OCc1ccc2c(n1)CN(C(C)C)C2. The van der Waals surface area contributed by atoms with E-state index in [4.69, 9.17) is 19.0 Å². The Balaban J connectivity index is 1.41. The minimum atomic E-state index is 0.268. The Morgan fingerprint density at radius 3 is 2.77 bits per heavy atom. The lowest BCUT2D eigenvalue weighted by Gasteiger charge is -2.18. The fourth-order valence-electron chi connectivity index (χ4n) is 3.59. The summed E-state index contributed by atoms with van der Waals surface area (Å²) in [6.45, 7) is 8.27. The minimum absolute atomic E-state index is 0.268. The fourth-order valence-corrected chi connectivity index (χ4v) is 3.59. The molecule has 0 radical (unpaired) electrons. The number of ether oxygens (including phenoxy) is 2. The highest BCUT2D eigenvalue weighted by Crippen LogP contribution is 2.29. The van der Waals surface area contributed by atoms with Gasteiger partial charge in [-0.05, 0) is 32.4 Å². The Bertz CT molecular complexity index is 1250. The molecule has 10 nitrogen and oxygen atoms in total. The molecule has 5 rings (SSSR count). The largest absolute Gasteiger partial charge is 0.491 e. The molecule has 0 spiro atoms. The number of pyridine rings is 1. The summed E-state index contributed by atoms with van der Waals surface area (Å²) < 4.78 is 18.1. The number of fused-ring (bicyclic) bond motifs is 2. The van der Waals surface area contributed by atoms with Crippen LogP contribution in [0, 0.1) is 6.92 Å². The first-order chi connectivity index (χ1) is 15.0. The van der Waals surface area contributed by atoms with E-state index in [9.17, 15) is 0 Å². The highest BCUT2D eigenvalue weighted by atomic mass is 16.5. The van der Waals surface area contributed by atoms with Gasteiger partial charge in [-0.25, -0.2) is 0 Å². The topological polar surface area (TPSA) is 104 Å². The van der Waals surface area contributed by atoms with Crippen molar-refractivity contribution in [2.75, 3.05) is 7.11 Å². The van der Waals surface area contributed by atoms with E-state index in [1.54, 1.807) is 23.8 Å². The van der Waals surface area contributed by atoms with E-state index in [0.717, 1.165) is 24.5 Å². The fraction of sp³-hybridized carbons (Fsp3) is 0.381. The molecule has 0 aromatic carbocycles. The maximum absolute atomic E-state index is 5.99. The van der Waals surface area contributed by atoms with Gasteiger partial charge in [0.2, 0.25) is 5.82 Å². The molecular formula is C21H23N7O3. The van der Waals surface area contributed by atoms with E-state index in [0.29, 0.717) is 40.6 Å². The monoisotopic (exact) mass is 421 g/mol. The molecule has 160 valence electrons. The lowest BCUT2D eigenvalue weighted by Crippen LogP contribution is -2.24. The van der Waals surface area contributed by atoms with Gasteiger partial charge in [0.15, 0.2) is 17.1 Å². The number of rotatable bonds is 6. The first-order valence-corrected chi connectivity index (χ1v) is 10.1. The second-order valence-electron chi connectivity index (χ2n) is 7.83. The zero-order valence-corrected chi connectivity index (χ0v) is 17.9. The third kappa shape index (κ3) is 3.59. The zero-order valence-electron chi connectivity index (χ0n) is 17.9. The van der Waals surface area contributed by atoms with Crippen LogP contribution in [0.25, 0.3) is 17.2 Å². The second-order valence-corrected chi connectivity index (χ2v) is 7.83. The molecule has 10 heteroatoms. The van der Waals surface area contributed by atoms with Crippen LogP contribution in [-0.4, -0.2) is 48.0 Å². The van der Waals surface area contributed by atoms with Crippen molar-refractivity contribution in [3.05, 3.63) is 47.0 Å². The van der Waals surface area contributed by atoms with E-state index in [1.165, 1.54) is 5.56 Å². The molecule has 0 amide bonds. The average molecular weight is 421 g/mol. The van der Waals surface area contributed by atoms with Gasteiger partial charge in [0.05, 0.1) is 18.5 Å². The smallest absolute Gasteiger partial charge is 0.275 e. The van der Waals surface area contributed by atoms with E-state index in [2.05, 4.69) is 45.3 Å². The molecule has 0 N–H and O–H groups in total. The normalized spacial score (nSPS) is 13.8. The first-order valence-electron chi connectivity index (χ1n) is 10.1. The van der Waals surface area contributed by atoms with Crippen LogP contribution in [0.5, 0.6) is 11.6 Å². The molecule has 0 atom stereocenters. The first kappa shape index (κ1) is 19.4. The summed E-state index contributed by atoms with van der Waals surface area (Å²) in [4.78, 5) is 7.18. The molecule has 0 bridgehead atoms. The summed E-state index contributed by atoms with van der Waals surface area (Å²) in [5, 5.41) is 16.9. The molecule has 1 aliphatic rings. The van der Waals surface area contributed by atoms with Crippen molar-refractivity contribution >= 4 is 5.65 Å². The van der Waals surface area contributed by atoms with Gasteiger partial charge in [0, 0.05) is 31.3 Å². The number of nitrogens with zero attached hydrogens (tertiary/aromatic N) is 7. The number of hydrogen-bond donors (Lipinski definition) is 0. The second kappa shape index (κ2) is 7.62. The summed E-state index contributed by atoms with van der Waals surface area (Å²) in [6, 6.07) is 8.11. The Morgan fingerprint density at radius 1 is 1.16 bits per heavy atom. The van der Waals surface area contributed by atoms with Gasteiger partial charge in [0.25, 0.3) is 5.88 Å². The summed E-state index contributed by atoms with van der Waals surface area (Å²) >= 11 is 0. The molecule has 4 aromatic rings. The van der Waals surface area contributed by atoms with Crippen molar-refractivity contribution in [1.82, 2.24) is 34.9 Å². The van der Waals surface area contributed by atoms with E-state index in [-0.39, 0.29) is 6.61 Å².